The minimum atomic E-state index is -0.197. The first kappa shape index (κ1) is 12.8. The molecular weight excluding hydrogens is 248 g/mol. The van der Waals surface area contributed by atoms with Crippen LogP contribution < -0.4 is 4.90 Å². The van der Waals surface area contributed by atoms with Crippen molar-refractivity contribution in [2.24, 2.45) is 0 Å². The Hall–Kier alpha value is -1.62. The number of rotatable bonds is 5. The van der Waals surface area contributed by atoms with Crippen molar-refractivity contribution in [3.63, 3.8) is 0 Å². The van der Waals surface area contributed by atoms with Gasteiger partial charge in [0, 0.05) is 11.9 Å². The van der Waals surface area contributed by atoms with E-state index in [0.717, 1.165) is 22.4 Å². The van der Waals surface area contributed by atoms with Crippen molar-refractivity contribution in [3.05, 3.63) is 24.3 Å². The molecule has 0 bridgehead atoms. The highest BCUT2D eigenvalue weighted by molar-refractivity contribution is 7.11. The van der Waals surface area contributed by atoms with Gasteiger partial charge in [0.25, 0.3) is 0 Å². The molecule has 0 radical (unpaired) electrons. The first-order valence-electron chi connectivity index (χ1n) is 6.01. The van der Waals surface area contributed by atoms with Crippen LogP contribution in [0.5, 0.6) is 0 Å². The zero-order chi connectivity index (χ0) is 13.0. The Morgan fingerprint density at radius 2 is 2.17 bits per heavy atom. The number of hydrogen-bond acceptors (Lipinski definition) is 5. The van der Waals surface area contributed by atoms with E-state index in [-0.39, 0.29) is 12.5 Å². The molecule has 2 rings (SSSR count). The number of benzene rings is 1. The lowest BCUT2D eigenvalue weighted by atomic mass is 10.2. The highest BCUT2D eigenvalue weighted by Gasteiger charge is 2.15. The summed E-state index contributed by atoms with van der Waals surface area (Å²) < 4.78 is 9.38. The van der Waals surface area contributed by atoms with Gasteiger partial charge in [0.15, 0.2) is 0 Å². The SMILES string of the molecule is CCOC(=O)CN(CC)c1snc2ccccc12. The Labute approximate surface area is 110 Å². The van der Waals surface area contributed by atoms with E-state index in [1.165, 1.54) is 11.5 Å². The molecule has 96 valence electrons. The van der Waals surface area contributed by atoms with Crippen molar-refractivity contribution in [2.75, 3.05) is 24.6 Å². The number of aromatic nitrogens is 1. The van der Waals surface area contributed by atoms with Crippen LogP contribution in [0.15, 0.2) is 24.3 Å². The third kappa shape index (κ3) is 2.61. The first-order valence-corrected chi connectivity index (χ1v) is 6.78. The summed E-state index contributed by atoms with van der Waals surface area (Å²) in [4.78, 5) is 13.6. The first-order chi connectivity index (χ1) is 8.76. The summed E-state index contributed by atoms with van der Waals surface area (Å²) in [6.45, 7) is 5.28. The average Bonchev–Trinajstić information content (AvgIpc) is 2.80. The molecular formula is C13H16N2O2S. The van der Waals surface area contributed by atoms with Crippen LogP contribution in [0.3, 0.4) is 0 Å². The molecule has 5 heteroatoms. The number of ether oxygens (including phenoxy) is 1. The largest absolute Gasteiger partial charge is 0.465 e. The second-order valence-electron chi connectivity index (χ2n) is 3.82. The second kappa shape index (κ2) is 5.82. The van der Waals surface area contributed by atoms with Gasteiger partial charge in [-0.15, -0.1) is 0 Å². The van der Waals surface area contributed by atoms with Crippen LogP contribution in [0, 0.1) is 0 Å². The molecule has 4 nitrogen and oxygen atoms in total. The number of carbonyl (C=O) groups excluding carboxylic acids is 1. The molecule has 0 spiro atoms. The fraction of sp³-hybridized carbons (Fsp3) is 0.385. The number of anilines is 1. The lowest BCUT2D eigenvalue weighted by molar-refractivity contribution is -0.141. The van der Waals surface area contributed by atoms with Gasteiger partial charge in [-0.1, -0.05) is 12.1 Å². The van der Waals surface area contributed by atoms with Crippen molar-refractivity contribution >= 4 is 33.4 Å². The van der Waals surface area contributed by atoms with Gasteiger partial charge in [-0.3, -0.25) is 4.79 Å². The maximum atomic E-state index is 11.6. The topological polar surface area (TPSA) is 42.4 Å². The summed E-state index contributed by atoms with van der Waals surface area (Å²) in [6.07, 6.45) is 0. The van der Waals surface area contributed by atoms with Crippen molar-refractivity contribution in [1.82, 2.24) is 4.37 Å². The number of nitrogens with zero attached hydrogens (tertiary/aromatic N) is 2. The molecule has 1 heterocycles. The van der Waals surface area contributed by atoms with E-state index in [1.807, 2.05) is 43.0 Å². The number of hydrogen-bond donors (Lipinski definition) is 0. The zero-order valence-electron chi connectivity index (χ0n) is 10.5. The minimum Gasteiger partial charge on any atom is -0.465 e. The van der Waals surface area contributed by atoms with Gasteiger partial charge in [-0.25, -0.2) is 0 Å². The molecule has 1 aromatic heterocycles. The van der Waals surface area contributed by atoms with Gasteiger partial charge in [0.05, 0.1) is 12.1 Å². The standard InChI is InChI=1S/C13H16N2O2S/c1-3-15(9-12(16)17-4-2)13-10-7-5-6-8-11(10)14-18-13/h5-8H,3-4,9H2,1-2H3. The predicted molar refractivity (Wildman–Crippen MR) is 74.1 cm³/mol. The van der Waals surface area contributed by atoms with Crippen LogP contribution in [-0.4, -0.2) is 30.0 Å². The molecule has 0 amide bonds. The Bertz CT molecular complexity index is 539. The Morgan fingerprint density at radius 1 is 1.39 bits per heavy atom. The zero-order valence-corrected chi connectivity index (χ0v) is 11.4. The van der Waals surface area contributed by atoms with E-state index in [9.17, 15) is 4.79 Å². The van der Waals surface area contributed by atoms with Gasteiger partial charge >= 0.3 is 5.97 Å². The fourth-order valence-corrected chi connectivity index (χ4v) is 2.72. The summed E-state index contributed by atoms with van der Waals surface area (Å²) in [5.41, 5.74) is 0.972. The molecule has 1 aromatic carbocycles. The molecule has 0 atom stereocenters. The van der Waals surface area contributed by atoms with Gasteiger partial charge in [-0.2, -0.15) is 4.37 Å². The number of fused-ring (bicyclic) bond motifs is 1. The predicted octanol–water partition coefficient (Wildman–Crippen LogP) is 2.69. The summed E-state index contributed by atoms with van der Waals surface area (Å²) in [5, 5.41) is 2.12. The van der Waals surface area contributed by atoms with E-state index in [1.54, 1.807) is 0 Å². The maximum Gasteiger partial charge on any atom is 0.325 e. The van der Waals surface area contributed by atoms with Crippen molar-refractivity contribution in [1.29, 1.82) is 0 Å². The molecule has 0 unspecified atom stereocenters. The smallest absolute Gasteiger partial charge is 0.325 e. The molecule has 0 aliphatic rings. The van der Waals surface area contributed by atoms with Crippen molar-refractivity contribution in [2.45, 2.75) is 13.8 Å². The van der Waals surface area contributed by atoms with E-state index < -0.39 is 0 Å². The van der Waals surface area contributed by atoms with E-state index >= 15 is 0 Å². The Balaban J connectivity index is 2.24. The van der Waals surface area contributed by atoms with Crippen LogP contribution in [0.1, 0.15) is 13.8 Å². The molecule has 0 aliphatic carbocycles. The quantitative estimate of drug-likeness (QED) is 0.779. The van der Waals surface area contributed by atoms with Crippen molar-refractivity contribution in [3.8, 4) is 0 Å². The fourth-order valence-electron chi connectivity index (χ4n) is 1.79. The van der Waals surface area contributed by atoms with Gasteiger partial charge in [0.2, 0.25) is 0 Å². The maximum absolute atomic E-state index is 11.6. The number of carbonyl (C=O) groups is 1. The molecule has 0 saturated carbocycles. The molecule has 0 saturated heterocycles. The summed E-state index contributed by atoms with van der Waals surface area (Å²) in [7, 11) is 0. The second-order valence-corrected chi connectivity index (χ2v) is 4.58. The van der Waals surface area contributed by atoms with Crippen LogP contribution in [0.4, 0.5) is 5.00 Å². The van der Waals surface area contributed by atoms with Crippen LogP contribution in [0.25, 0.3) is 10.9 Å². The highest BCUT2D eigenvalue weighted by atomic mass is 32.1. The van der Waals surface area contributed by atoms with E-state index in [0.29, 0.717) is 6.61 Å². The molecule has 2 aromatic rings. The van der Waals surface area contributed by atoms with E-state index in [4.69, 9.17) is 4.74 Å². The number of likely N-dealkylation sites (N-methyl/N-ethyl adjacent to an activating group) is 1. The van der Waals surface area contributed by atoms with Gasteiger partial charge in [0.1, 0.15) is 11.5 Å². The van der Waals surface area contributed by atoms with Gasteiger partial charge in [-0.05, 0) is 37.5 Å². The summed E-state index contributed by atoms with van der Waals surface area (Å²) in [5.74, 6) is -0.197. The number of esters is 1. The van der Waals surface area contributed by atoms with Crippen LogP contribution in [-0.2, 0) is 9.53 Å². The molecule has 0 N–H and O–H groups in total. The minimum absolute atomic E-state index is 0.197. The normalized spacial score (nSPS) is 10.6. The molecule has 0 aliphatic heterocycles. The van der Waals surface area contributed by atoms with E-state index in [2.05, 4.69) is 4.37 Å². The lowest BCUT2D eigenvalue weighted by Gasteiger charge is -2.19. The highest BCUT2D eigenvalue weighted by Crippen LogP contribution is 2.30. The van der Waals surface area contributed by atoms with Gasteiger partial charge < -0.3 is 9.64 Å². The lowest BCUT2D eigenvalue weighted by Crippen LogP contribution is -2.30. The Kier molecular flexibility index (Phi) is 4.15. The third-order valence-electron chi connectivity index (χ3n) is 2.66. The van der Waals surface area contributed by atoms with Crippen molar-refractivity contribution < 1.29 is 9.53 Å². The average molecular weight is 264 g/mol. The summed E-state index contributed by atoms with van der Waals surface area (Å²) >= 11 is 1.42. The third-order valence-corrected chi connectivity index (χ3v) is 3.60. The molecule has 0 fully saturated rings. The van der Waals surface area contributed by atoms with Crippen LogP contribution >= 0.6 is 11.5 Å². The molecule has 18 heavy (non-hydrogen) atoms. The monoisotopic (exact) mass is 264 g/mol. The Morgan fingerprint density at radius 3 is 2.89 bits per heavy atom. The van der Waals surface area contributed by atoms with Crippen LogP contribution in [0.2, 0.25) is 0 Å². The summed E-state index contributed by atoms with van der Waals surface area (Å²) in [6, 6.07) is 7.96.